The number of esters is 2. The van der Waals surface area contributed by atoms with E-state index in [0.29, 0.717) is 13.2 Å². The molecule has 0 unspecified atom stereocenters. The van der Waals surface area contributed by atoms with Crippen LogP contribution in [0.1, 0.15) is 220 Å². The lowest BCUT2D eigenvalue weighted by atomic mass is 9.94. The third-order valence-corrected chi connectivity index (χ3v) is 10.4. The highest BCUT2D eigenvalue weighted by molar-refractivity contribution is 5.72. The van der Waals surface area contributed by atoms with Crippen LogP contribution in [0.5, 0.6) is 0 Å². The highest BCUT2D eigenvalue weighted by atomic mass is 16.5. The molecule has 0 heterocycles. The Morgan fingerprint density at radius 3 is 1.04 bits per heavy atom. The van der Waals surface area contributed by atoms with Crippen molar-refractivity contribution in [3.63, 3.8) is 0 Å². The zero-order valence-electron chi connectivity index (χ0n) is 34.1. The van der Waals surface area contributed by atoms with Crippen molar-refractivity contribution in [2.75, 3.05) is 39.5 Å². The number of carbonyl (C=O) groups is 2. The van der Waals surface area contributed by atoms with Gasteiger partial charge < -0.3 is 19.5 Å². The highest BCUT2D eigenvalue weighted by Crippen LogP contribution is 2.22. The third kappa shape index (κ3) is 31.6. The summed E-state index contributed by atoms with van der Waals surface area (Å²) >= 11 is 0. The molecule has 0 aliphatic carbocycles. The second kappa shape index (κ2) is 39.1. The summed E-state index contributed by atoms with van der Waals surface area (Å²) in [6, 6.07) is 0. The fourth-order valence-corrected chi connectivity index (χ4v) is 6.98. The van der Waals surface area contributed by atoms with Crippen LogP contribution >= 0.6 is 0 Å². The maximum atomic E-state index is 12.9. The molecule has 0 amide bonds. The number of aliphatic hydroxyl groups excluding tert-OH is 1. The lowest BCUT2D eigenvalue weighted by Gasteiger charge is -2.22. The Balaban J connectivity index is 4.30. The van der Waals surface area contributed by atoms with Gasteiger partial charge in [-0.2, -0.15) is 0 Å². The van der Waals surface area contributed by atoms with Crippen LogP contribution in [0.3, 0.4) is 0 Å². The smallest absolute Gasteiger partial charge is 0.308 e. The van der Waals surface area contributed by atoms with Crippen LogP contribution < -0.4 is 0 Å². The van der Waals surface area contributed by atoms with Crippen molar-refractivity contribution >= 4 is 11.9 Å². The van der Waals surface area contributed by atoms with Crippen molar-refractivity contribution in [1.29, 1.82) is 0 Å². The Morgan fingerprint density at radius 2 is 0.720 bits per heavy atom. The van der Waals surface area contributed by atoms with E-state index in [4.69, 9.17) is 9.47 Å². The predicted octanol–water partition coefficient (Wildman–Crippen LogP) is 12.4. The molecule has 0 fully saturated rings. The molecule has 0 aliphatic heterocycles. The molecule has 0 radical (unpaired) electrons. The number of hydrogen-bond donors (Lipinski definition) is 1. The summed E-state index contributed by atoms with van der Waals surface area (Å²) in [5.74, 6) is 0.277. The molecule has 0 spiro atoms. The second-order valence-electron chi connectivity index (χ2n) is 15.2. The molecule has 0 atom stereocenters. The standard InChI is InChI=1S/C44H87NO5/c1-5-9-13-21-31-41(32-22-14-10-6-2)43(47)49-39-29-19-17-25-35-45(37-27-28-38-46)36-26-18-20-30-40-50-44(48)42(33-23-15-11-7-3)34-24-16-12-8-4/h41-42,46H,5-40H2,1-4H3. The van der Waals surface area contributed by atoms with E-state index in [1.54, 1.807) is 0 Å². The number of hydrogen-bond acceptors (Lipinski definition) is 6. The van der Waals surface area contributed by atoms with E-state index in [-0.39, 0.29) is 30.4 Å². The molecule has 0 aromatic rings. The average molecular weight is 710 g/mol. The molecule has 0 aromatic heterocycles. The molecule has 0 saturated carbocycles. The van der Waals surface area contributed by atoms with E-state index in [1.165, 1.54) is 89.9 Å². The number of aliphatic hydroxyl groups is 1. The number of ether oxygens (including phenoxy) is 2. The first-order valence-electron chi connectivity index (χ1n) is 22.2. The van der Waals surface area contributed by atoms with Gasteiger partial charge in [0, 0.05) is 6.61 Å². The van der Waals surface area contributed by atoms with Crippen LogP contribution in [0.2, 0.25) is 0 Å². The van der Waals surface area contributed by atoms with Crippen molar-refractivity contribution in [3.8, 4) is 0 Å². The molecule has 6 heteroatoms. The Hall–Kier alpha value is -1.14. The Bertz CT molecular complexity index is 639. The molecule has 0 saturated heterocycles. The van der Waals surface area contributed by atoms with Gasteiger partial charge in [-0.05, 0) is 83.8 Å². The Morgan fingerprint density at radius 1 is 0.420 bits per heavy atom. The van der Waals surface area contributed by atoms with Gasteiger partial charge in [0.2, 0.25) is 0 Å². The van der Waals surface area contributed by atoms with Crippen LogP contribution in [0.25, 0.3) is 0 Å². The molecule has 0 rings (SSSR count). The van der Waals surface area contributed by atoms with E-state index in [0.717, 1.165) is 122 Å². The van der Waals surface area contributed by atoms with Gasteiger partial charge in [-0.15, -0.1) is 0 Å². The summed E-state index contributed by atoms with van der Waals surface area (Å²) in [7, 11) is 0. The molecule has 0 aromatic carbocycles. The monoisotopic (exact) mass is 710 g/mol. The predicted molar refractivity (Wildman–Crippen MR) is 214 cm³/mol. The third-order valence-electron chi connectivity index (χ3n) is 10.4. The highest BCUT2D eigenvalue weighted by Gasteiger charge is 2.20. The molecular weight excluding hydrogens is 622 g/mol. The Labute approximate surface area is 312 Å². The van der Waals surface area contributed by atoms with Crippen LogP contribution in [-0.4, -0.2) is 61.4 Å². The Kier molecular flexibility index (Phi) is 38.2. The molecule has 6 nitrogen and oxygen atoms in total. The van der Waals surface area contributed by atoms with Crippen LogP contribution in [0.15, 0.2) is 0 Å². The maximum absolute atomic E-state index is 12.9. The zero-order chi connectivity index (χ0) is 36.8. The van der Waals surface area contributed by atoms with Crippen LogP contribution in [0.4, 0.5) is 0 Å². The normalized spacial score (nSPS) is 11.7. The molecule has 50 heavy (non-hydrogen) atoms. The van der Waals surface area contributed by atoms with E-state index >= 15 is 0 Å². The zero-order valence-corrected chi connectivity index (χ0v) is 34.1. The molecule has 1 N–H and O–H groups in total. The summed E-state index contributed by atoms with van der Waals surface area (Å²) < 4.78 is 11.6. The fourth-order valence-electron chi connectivity index (χ4n) is 6.98. The van der Waals surface area contributed by atoms with Crippen molar-refractivity contribution in [2.24, 2.45) is 11.8 Å². The second-order valence-corrected chi connectivity index (χ2v) is 15.2. The van der Waals surface area contributed by atoms with Gasteiger partial charge in [0.15, 0.2) is 0 Å². The summed E-state index contributed by atoms with van der Waals surface area (Å²) in [5.41, 5.74) is 0. The minimum atomic E-state index is 0.0472. The van der Waals surface area contributed by atoms with Crippen LogP contribution in [0, 0.1) is 11.8 Å². The number of carbonyl (C=O) groups excluding carboxylic acids is 2. The minimum Gasteiger partial charge on any atom is -0.465 e. The summed E-state index contributed by atoms with van der Waals surface area (Å²) in [5, 5.41) is 9.29. The first-order valence-corrected chi connectivity index (χ1v) is 22.2. The van der Waals surface area contributed by atoms with Crippen molar-refractivity contribution < 1.29 is 24.2 Å². The summed E-state index contributed by atoms with van der Waals surface area (Å²) in [6.45, 7) is 13.6. The minimum absolute atomic E-state index is 0.0472. The lowest BCUT2D eigenvalue weighted by Crippen LogP contribution is -2.27. The largest absolute Gasteiger partial charge is 0.465 e. The number of unbranched alkanes of at least 4 members (excludes halogenated alkanes) is 19. The summed E-state index contributed by atoms with van der Waals surface area (Å²) in [4.78, 5) is 28.3. The number of nitrogens with zero attached hydrogens (tertiary/aromatic N) is 1. The van der Waals surface area contributed by atoms with Gasteiger partial charge in [0.25, 0.3) is 0 Å². The van der Waals surface area contributed by atoms with Crippen molar-refractivity contribution in [1.82, 2.24) is 4.90 Å². The van der Waals surface area contributed by atoms with E-state index < -0.39 is 0 Å². The summed E-state index contributed by atoms with van der Waals surface area (Å²) in [6.07, 6.45) is 34.1. The van der Waals surface area contributed by atoms with Crippen molar-refractivity contribution in [3.05, 3.63) is 0 Å². The van der Waals surface area contributed by atoms with Gasteiger partial charge in [-0.3, -0.25) is 9.59 Å². The van der Waals surface area contributed by atoms with E-state index in [1.807, 2.05) is 0 Å². The van der Waals surface area contributed by atoms with Gasteiger partial charge in [-0.1, -0.05) is 156 Å². The van der Waals surface area contributed by atoms with Crippen molar-refractivity contribution in [2.45, 2.75) is 220 Å². The van der Waals surface area contributed by atoms with Crippen LogP contribution in [-0.2, 0) is 19.1 Å². The van der Waals surface area contributed by atoms with Gasteiger partial charge in [0.05, 0.1) is 25.0 Å². The van der Waals surface area contributed by atoms with Gasteiger partial charge >= 0.3 is 11.9 Å². The topological polar surface area (TPSA) is 76.1 Å². The average Bonchev–Trinajstić information content (AvgIpc) is 3.12. The maximum Gasteiger partial charge on any atom is 0.308 e. The SMILES string of the molecule is CCCCCCC(CCCCCC)C(=O)OCCCCCCN(CCCCO)CCCCCCOC(=O)C(CCCCCC)CCCCCC. The fraction of sp³-hybridized carbons (Fsp3) is 0.955. The molecule has 0 aliphatic rings. The molecule has 298 valence electrons. The lowest BCUT2D eigenvalue weighted by molar-refractivity contribution is -0.150. The first kappa shape index (κ1) is 48.9. The molecule has 0 bridgehead atoms. The van der Waals surface area contributed by atoms with Gasteiger partial charge in [0.1, 0.15) is 0 Å². The quantitative estimate of drug-likeness (QED) is 0.0504. The van der Waals surface area contributed by atoms with Gasteiger partial charge in [-0.25, -0.2) is 0 Å². The first-order chi connectivity index (χ1) is 24.5. The number of rotatable bonds is 40. The van der Waals surface area contributed by atoms with E-state index in [2.05, 4.69) is 32.6 Å². The van der Waals surface area contributed by atoms with E-state index in [9.17, 15) is 14.7 Å². The molecular formula is C44H87NO5.